The van der Waals surface area contributed by atoms with Gasteiger partial charge < -0.3 is 0 Å². The van der Waals surface area contributed by atoms with E-state index in [1.165, 1.54) is 35.2 Å². The second kappa shape index (κ2) is 8.08. The van der Waals surface area contributed by atoms with Gasteiger partial charge >= 0.3 is 0 Å². The summed E-state index contributed by atoms with van der Waals surface area (Å²) < 4.78 is 15.3. The fraction of sp³-hybridized carbons (Fsp3) is 0.0952. The Bertz CT molecular complexity index is 1100. The van der Waals surface area contributed by atoms with Crippen molar-refractivity contribution in [1.82, 2.24) is 14.8 Å². The number of ketones is 1. The van der Waals surface area contributed by atoms with Crippen molar-refractivity contribution in [2.75, 3.05) is 5.75 Å². The molecule has 2 aromatic heterocycles. The zero-order chi connectivity index (χ0) is 19.5. The Kier molecular flexibility index (Phi) is 5.36. The molecule has 0 unspecified atom stereocenters. The maximum Gasteiger partial charge on any atom is 0.196 e. The van der Waals surface area contributed by atoms with Crippen LogP contribution in [0.5, 0.6) is 0 Å². The van der Waals surface area contributed by atoms with Crippen molar-refractivity contribution < 1.29 is 9.18 Å². The van der Waals surface area contributed by atoms with Crippen LogP contribution in [0.3, 0.4) is 0 Å². The molecule has 0 bridgehead atoms. The van der Waals surface area contributed by atoms with E-state index in [1.807, 2.05) is 54.0 Å². The Hall–Kier alpha value is -2.77. The number of nitrogens with zero attached hydrogens (tertiary/aromatic N) is 3. The van der Waals surface area contributed by atoms with Crippen LogP contribution in [0.15, 0.2) is 71.9 Å². The fourth-order valence-electron chi connectivity index (χ4n) is 2.75. The number of carbonyl (C=O) groups excluding carboxylic acids is 1. The normalized spacial score (nSPS) is 10.9. The number of aromatic nitrogens is 3. The van der Waals surface area contributed by atoms with Crippen molar-refractivity contribution in [3.05, 3.63) is 82.3 Å². The van der Waals surface area contributed by atoms with E-state index in [9.17, 15) is 9.18 Å². The molecule has 4 rings (SSSR count). The van der Waals surface area contributed by atoms with Gasteiger partial charge in [-0.05, 0) is 43.3 Å². The molecule has 0 spiro atoms. The summed E-state index contributed by atoms with van der Waals surface area (Å²) in [7, 11) is 0. The highest BCUT2D eigenvalue weighted by atomic mass is 32.2. The van der Waals surface area contributed by atoms with Crippen molar-refractivity contribution in [2.24, 2.45) is 0 Å². The molecular formula is C21H16FN3OS2. The molecule has 4 aromatic rings. The molecule has 0 aliphatic heterocycles. The number of rotatable bonds is 6. The predicted octanol–water partition coefficient (Wildman–Crippen LogP) is 5.42. The van der Waals surface area contributed by atoms with Crippen molar-refractivity contribution >= 4 is 28.9 Å². The molecule has 0 N–H and O–H groups in total. The average molecular weight is 410 g/mol. The molecule has 0 radical (unpaired) electrons. The molecule has 7 heteroatoms. The number of hydrogen-bond acceptors (Lipinski definition) is 5. The third kappa shape index (κ3) is 3.90. The lowest BCUT2D eigenvalue weighted by Crippen LogP contribution is -2.03. The van der Waals surface area contributed by atoms with Crippen LogP contribution in [0.25, 0.3) is 17.1 Å². The van der Waals surface area contributed by atoms with Gasteiger partial charge in [-0.15, -0.1) is 21.5 Å². The molecule has 0 saturated heterocycles. The molecular weight excluding hydrogens is 393 g/mol. The molecule has 0 aliphatic carbocycles. The van der Waals surface area contributed by atoms with E-state index in [2.05, 4.69) is 10.2 Å². The predicted molar refractivity (Wildman–Crippen MR) is 111 cm³/mol. The Morgan fingerprint density at radius 2 is 1.79 bits per heavy atom. The van der Waals surface area contributed by atoms with E-state index in [-0.39, 0.29) is 17.4 Å². The standard InChI is InChI=1S/C21H16FN3OS2/c1-14-7-12-19(28-14)18(26)13-27-21-24-23-20(15-5-3-2-4-6-15)25(21)17-10-8-16(22)9-11-17/h2-12H,13H2,1H3. The summed E-state index contributed by atoms with van der Waals surface area (Å²) in [6.45, 7) is 1.98. The van der Waals surface area contributed by atoms with Gasteiger partial charge in [-0.3, -0.25) is 9.36 Å². The number of carbonyl (C=O) groups is 1. The van der Waals surface area contributed by atoms with E-state index in [0.29, 0.717) is 11.0 Å². The lowest BCUT2D eigenvalue weighted by atomic mass is 10.2. The monoisotopic (exact) mass is 409 g/mol. The number of thioether (sulfide) groups is 1. The van der Waals surface area contributed by atoms with Crippen LogP contribution in [0, 0.1) is 12.7 Å². The van der Waals surface area contributed by atoms with Gasteiger partial charge in [0.05, 0.1) is 10.6 Å². The van der Waals surface area contributed by atoms with Crippen LogP contribution in [0.1, 0.15) is 14.5 Å². The van der Waals surface area contributed by atoms with Gasteiger partial charge in [0.15, 0.2) is 16.8 Å². The first-order chi connectivity index (χ1) is 13.6. The number of hydrogen-bond donors (Lipinski definition) is 0. The zero-order valence-electron chi connectivity index (χ0n) is 15.0. The van der Waals surface area contributed by atoms with Gasteiger partial charge in [-0.25, -0.2) is 4.39 Å². The van der Waals surface area contributed by atoms with Crippen LogP contribution in [0.4, 0.5) is 4.39 Å². The third-order valence-electron chi connectivity index (χ3n) is 4.10. The Balaban J connectivity index is 1.68. The van der Waals surface area contributed by atoms with Gasteiger partial charge in [0.2, 0.25) is 0 Å². The summed E-state index contributed by atoms with van der Waals surface area (Å²) >= 11 is 2.81. The minimum atomic E-state index is -0.310. The second-order valence-corrected chi connectivity index (χ2v) is 8.34. The first kappa shape index (κ1) is 18.6. The molecule has 0 saturated carbocycles. The largest absolute Gasteiger partial charge is 0.292 e. The summed E-state index contributed by atoms with van der Waals surface area (Å²) in [5, 5.41) is 9.22. The summed E-state index contributed by atoms with van der Waals surface area (Å²) in [5.41, 5.74) is 1.64. The Morgan fingerprint density at radius 3 is 2.46 bits per heavy atom. The minimum Gasteiger partial charge on any atom is -0.292 e. The van der Waals surface area contributed by atoms with E-state index in [0.717, 1.165) is 21.0 Å². The summed E-state index contributed by atoms with van der Waals surface area (Å²) in [6, 6.07) is 19.6. The topological polar surface area (TPSA) is 47.8 Å². The number of benzene rings is 2. The van der Waals surface area contributed by atoms with E-state index in [4.69, 9.17) is 0 Å². The maximum atomic E-state index is 13.4. The van der Waals surface area contributed by atoms with E-state index < -0.39 is 0 Å². The summed E-state index contributed by atoms with van der Waals surface area (Å²) in [6.07, 6.45) is 0. The highest BCUT2D eigenvalue weighted by Crippen LogP contribution is 2.29. The van der Waals surface area contributed by atoms with E-state index in [1.54, 1.807) is 12.1 Å². The molecule has 0 aliphatic rings. The minimum absolute atomic E-state index is 0.0537. The van der Waals surface area contributed by atoms with Gasteiger partial charge in [0.1, 0.15) is 5.82 Å². The molecule has 2 heterocycles. The summed E-state index contributed by atoms with van der Waals surface area (Å²) in [4.78, 5) is 14.3. The highest BCUT2D eigenvalue weighted by molar-refractivity contribution is 7.99. The SMILES string of the molecule is Cc1ccc(C(=O)CSc2nnc(-c3ccccc3)n2-c2ccc(F)cc2)s1. The maximum absolute atomic E-state index is 13.4. The Labute approximate surface area is 170 Å². The molecule has 2 aromatic carbocycles. The summed E-state index contributed by atoms with van der Waals surface area (Å²) in [5.74, 6) is 0.649. The van der Waals surface area contributed by atoms with Gasteiger partial charge in [0.25, 0.3) is 0 Å². The van der Waals surface area contributed by atoms with Crippen molar-refractivity contribution in [3.63, 3.8) is 0 Å². The smallest absolute Gasteiger partial charge is 0.196 e. The quantitative estimate of drug-likeness (QED) is 0.315. The lowest BCUT2D eigenvalue weighted by Gasteiger charge is -2.10. The fourth-order valence-corrected chi connectivity index (χ4v) is 4.48. The molecule has 4 nitrogen and oxygen atoms in total. The van der Waals surface area contributed by atoms with Gasteiger partial charge in [-0.2, -0.15) is 0 Å². The zero-order valence-corrected chi connectivity index (χ0v) is 16.6. The number of Topliss-reactive ketones (excluding diaryl/α,β-unsaturated/α-hetero) is 1. The average Bonchev–Trinajstić information content (AvgIpc) is 3.34. The lowest BCUT2D eigenvalue weighted by molar-refractivity contribution is 0.102. The van der Waals surface area contributed by atoms with Crippen molar-refractivity contribution in [1.29, 1.82) is 0 Å². The van der Waals surface area contributed by atoms with E-state index >= 15 is 0 Å². The molecule has 0 fully saturated rings. The van der Waals surface area contributed by atoms with Gasteiger partial charge in [0, 0.05) is 16.1 Å². The van der Waals surface area contributed by atoms with Crippen LogP contribution in [0.2, 0.25) is 0 Å². The first-order valence-corrected chi connectivity index (χ1v) is 10.4. The van der Waals surface area contributed by atoms with Crippen molar-refractivity contribution in [2.45, 2.75) is 12.1 Å². The van der Waals surface area contributed by atoms with Crippen LogP contribution >= 0.6 is 23.1 Å². The van der Waals surface area contributed by atoms with Crippen LogP contribution in [-0.4, -0.2) is 26.3 Å². The first-order valence-electron chi connectivity index (χ1n) is 8.61. The second-order valence-electron chi connectivity index (χ2n) is 6.11. The Morgan fingerprint density at radius 1 is 1.04 bits per heavy atom. The molecule has 0 amide bonds. The van der Waals surface area contributed by atoms with Crippen LogP contribution in [-0.2, 0) is 0 Å². The number of thiophene rings is 1. The molecule has 0 atom stereocenters. The van der Waals surface area contributed by atoms with Crippen LogP contribution < -0.4 is 0 Å². The molecule has 28 heavy (non-hydrogen) atoms. The van der Waals surface area contributed by atoms with Crippen molar-refractivity contribution in [3.8, 4) is 17.1 Å². The number of aryl methyl sites for hydroxylation is 1. The number of halogens is 1. The van der Waals surface area contributed by atoms with Gasteiger partial charge in [-0.1, -0.05) is 42.1 Å². The third-order valence-corrected chi connectivity index (χ3v) is 6.07. The molecule has 140 valence electrons. The highest BCUT2D eigenvalue weighted by Gasteiger charge is 2.18.